The second kappa shape index (κ2) is 5.48. The van der Waals surface area contributed by atoms with Crippen molar-refractivity contribution in [1.29, 1.82) is 0 Å². The maximum atomic E-state index is 11.7. The Kier molecular flexibility index (Phi) is 3.96. The summed E-state index contributed by atoms with van der Waals surface area (Å²) in [6.07, 6.45) is -2.30. The Morgan fingerprint density at radius 2 is 2.06 bits per heavy atom. The van der Waals surface area contributed by atoms with Gasteiger partial charge in [-0.2, -0.15) is 0 Å². The number of benzene rings is 1. The van der Waals surface area contributed by atoms with E-state index in [1.165, 1.54) is 0 Å². The van der Waals surface area contributed by atoms with Crippen LogP contribution in [-0.2, 0) is 9.47 Å². The summed E-state index contributed by atoms with van der Waals surface area (Å²) in [5.74, 6) is -0.466. The van der Waals surface area contributed by atoms with Gasteiger partial charge in [0.2, 0.25) is 0 Å². The van der Waals surface area contributed by atoms with Gasteiger partial charge in [-0.25, -0.2) is 4.79 Å². The molecule has 1 aliphatic rings. The van der Waals surface area contributed by atoms with Crippen LogP contribution in [0.3, 0.4) is 0 Å². The summed E-state index contributed by atoms with van der Waals surface area (Å²) in [5.41, 5.74) is 1.51. The summed E-state index contributed by atoms with van der Waals surface area (Å²) in [5, 5.41) is 18.7. The highest BCUT2D eigenvalue weighted by Crippen LogP contribution is 2.19. The van der Waals surface area contributed by atoms with E-state index in [0.29, 0.717) is 5.56 Å². The number of rotatable bonds is 3. The molecule has 0 saturated carbocycles. The molecule has 1 fully saturated rings. The highest BCUT2D eigenvalue weighted by atomic mass is 16.6. The van der Waals surface area contributed by atoms with Gasteiger partial charge in [-0.1, -0.05) is 17.7 Å². The molecule has 0 amide bonds. The third-order valence-electron chi connectivity index (χ3n) is 2.87. The lowest BCUT2D eigenvalue weighted by Gasteiger charge is -2.13. The predicted molar refractivity (Wildman–Crippen MR) is 63.0 cm³/mol. The minimum atomic E-state index is -0.983. The van der Waals surface area contributed by atoms with Gasteiger partial charge in [-0.3, -0.25) is 0 Å². The Labute approximate surface area is 105 Å². The first-order valence-electron chi connectivity index (χ1n) is 5.81. The maximum Gasteiger partial charge on any atom is 0.338 e. The van der Waals surface area contributed by atoms with Crippen molar-refractivity contribution in [1.82, 2.24) is 0 Å². The van der Waals surface area contributed by atoms with Crippen LogP contribution < -0.4 is 0 Å². The van der Waals surface area contributed by atoms with Gasteiger partial charge in [-0.15, -0.1) is 0 Å². The Hall–Kier alpha value is -1.43. The van der Waals surface area contributed by atoms with Crippen molar-refractivity contribution in [3.05, 3.63) is 35.4 Å². The fourth-order valence-electron chi connectivity index (χ4n) is 1.79. The van der Waals surface area contributed by atoms with E-state index < -0.39 is 24.5 Å². The summed E-state index contributed by atoms with van der Waals surface area (Å²) < 4.78 is 10.0. The molecule has 0 aliphatic carbocycles. The number of carbonyl (C=O) groups is 1. The Bertz CT molecular complexity index is 414. The van der Waals surface area contributed by atoms with E-state index in [0.717, 1.165) is 5.56 Å². The molecule has 0 radical (unpaired) electrons. The van der Waals surface area contributed by atoms with E-state index in [-0.39, 0.29) is 13.0 Å². The number of aliphatic hydroxyl groups excluding tert-OH is 2. The van der Waals surface area contributed by atoms with Crippen LogP contribution in [0, 0.1) is 6.92 Å². The van der Waals surface area contributed by atoms with Crippen LogP contribution in [0.5, 0.6) is 0 Å². The van der Waals surface area contributed by atoms with Crippen molar-refractivity contribution in [2.75, 3.05) is 6.61 Å². The molecule has 1 heterocycles. The van der Waals surface area contributed by atoms with Crippen molar-refractivity contribution < 1.29 is 24.5 Å². The van der Waals surface area contributed by atoms with Crippen LogP contribution in [0.4, 0.5) is 0 Å². The van der Waals surface area contributed by atoms with Gasteiger partial charge >= 0.3 is 5.97 Å². The first kappa shape index (κ1) is 13.0. The van der Waals surface area contributed by atoms with Crippen molar-refractivity contribution in [3.8, 4) is 0 Å². The largest absolute Gasteiger partial charge is 0.459 e. The number of carbonyl (C=O) groups excluding carboxylic acids is 1. The Morgan fingerprint density at radius 3 is 2.61 bits per heavy atom. The molecular formula is C13H16O5. The highest BCUT2D eigenvalue weighted by Gasteiger charge is 2.33. The molecule has 1 unspecified atom stereocenters. The minimum Gasteiger partial charge on any atom is -0.459 e. The van der Waals surface area contributed by atoms with Gasteiger partial charge < -0.3 is 19.7 Å². The first-order chi connectivity index (χ1) is 8.56. The fraction of sp³-hybridized carbons (Fsp3) is 0.462. The molecular weight excluding hydrogens is 236 g/mol. The molecule has 1 saturated heterocycles. The number of aryl methyl sites for hydroxylation is 1. The second-order valence-electron chi connectivity index (χ2n) is 4.40. The van der Waals surface area contributed by atoms with Gasteiger partial charge in [0.05, 0.1) is 11.7 Å². The molecule has 1 aromatic carbocycles. The average molecular weight is 252 g/mol. The summed E-state index contributed by atoms with van der Waals surface area (Å²) in [6, 6.07) is 7.00. The summed E-state index contributed by atoms with van der Waals surface area (Å²) in [6.45, 7) is 1.87. The monoisotopic (exact) mass is 252 g/mol. The molecule has 3 atom stereocenters. The van der Waals surface area contributed by atoms with E-state index in [1.807, 2.05) is 19.1 Å². The predicted octanol–water partition coefficient (Wildman–Crippen LogP) is 0.620. The van der Waals surface area contributed by atoms with E-state index in [2.05, 4.69) is 0 Å². The summed E-state index contributed by atoms with van der Waals surface area (Å²) >= 11 is 0. The molecule has 1 aromatic rings. The van der Waals surface area contributed by atoms with Gasteiger partial charge in [0.25, 0.3) is 0 Å². The molecule has 2 N–H and O–H groups in total. The van der Waals surface area contributed by atoms with E-state index >= 15 is 0 Å². The third-order valence-corrected chi connectivity index (χ3v) is 2.87. The molecule has 98 valence electrons. The van der Waals surface area contributed by atoms with Crippen LogP contribution in [0.25, 0.3) is 0 Å². The molecule has 0 bridgehead atoms. The van der Waals surface area contributed by atoms with Gasteiger partial charge in [-0.05, 0) is 19.1 Å². The van der Waals surface area contributed by atoms with Crippen molar-refractivity contribution in [2.24, 2.45) is 0 Å². The molecule has 5 heteroatoms. The zero-order valence-corrected chi connectivity index (χ0v) is 10.1. The summed E-state index contributed by atoms with van der Waals surface area (Å²) in [4.78, 5) is 11.7. The van der Waals surface area contributed by atoms with Crippen LogP contribution in [0.15, 0.2) is 24.3 Å². The molecule has 0 spiro atoms. The van der Waals surface area contributed by atoms with Gasteiger partial charge in [0, 0.05) is 6.42 Å². The first-order valence-corrected chi connectivity index (χ1v) is 5.81. The molecule has 2 rings (SSSR count). The van der Waals surface area contributed by atoms with E-state index in [4.69, 9.17) is 14.6 Å². The lowest BCUT2D eigenvalue weighted by atomic mass is 10.1. The van der Waals surface area contributed by atoms with Crippen molar-refractivity contribution >= 4 is 5.97 Å². The third kappa shape index (κ3) is 3.07. The fourth-order valence-corrected chi connectivity index (χ4v) is 1.79. The number of ether oxygens (including phenoxy) is 2. The standard InChI is InChI=1S/C13H16O5/c1-8-2-4-9(5-3-8)13(16)17-7-11-10(14)6-12(15)18-11/h2-5,10-12,14-15H,6-7H2,1H3/t10-,11+,12?/m0/s1. The van der Waals surface area contributed by atoms with E-state index in [1.54, 1.807) is 12.1 Å². The number of hydrogen-bond acceptors (Lipinski definition) is 5. The minimum absolute atomic E-state index is 0.0645. The normalized spacial score (nSPS) is 27.2. The maximum absolute atomic E-state index is 11.7. The second-order valence-corrected chi connectivity index (χ2v) is 4.40. The highest BCUT2D eigenvalue weighted by molar-refractivity contribution is 5.89. The topological polar surface area (TPSA) is 76.0 Å². The zero-order chi connectivity index (χ0) is 13.1. The van der Waals surface area contributed by atoms with Crippen molar-refractivity contribution in [2.45, 2.75) is 31.8 Å². The average Bonchev–Trinajstić information content (AvgIpc) is 2.66. The number of hydrogen-bond donors (Lipinski definition) is 2. The smallest absolute Gasteiger partial charge is 0.338 e. The molecule has 1 aliphatic heterocycles. The van der Waals surface area contributed by atoms with Crippen LogP contribution >= 0.6 is 0 Å². The quantitative estimate of drug-likeness (QED) is 0.771. The Balaban J connectivity index is 1.87. The van der Waals surface area contributed by atoms with Crippen LogP contribution in [0.2, 0.25) is 0 Å². The van der Waals surface area contributed by atoms with Gasteiger partial charge in [0.1, 0.15) is 12.7 Å². The number of aliphatic hydroxyl groups is 2. The van der Waals surface area contributed by atoms with Crippen molar-refractivity contribution in [3.63, 3.8) is 0 Å². The molecule has 18 heavy (non-hydrogen) atoms. The SMILES string of the molecule is Cc1ccc(C(=O)OC[C@H]2OC(O)C[C@@H]2O)cc1. The van der Waals surface area contributed by atoms with Crippen LogP contribution in [-0.4, -0.2) is 41.3 Å². The summed E-state index contributed by atoms with van der Waals surface area (Å²) in [7, 11) is 0. The van der Waals surface area contributed by atoms with Crippen LogP contribution in [0.1, 0.15) is 22.3 Å². The molecule has 5 nitrogen and oxygen atoms in total. The van der Waals surface area contributed by atoms with E-state index in [9.17, 15) is 9.90 Å². The van der Waals surface area contributed by atoms with Gasteiger partial charge in [0.15, 0.2) is 6.29 Å². The number of esters is 1. The molecule has 0 aromatic heterocycles. The lowest BCUT2D eigenvalue weighted by Crippen LogP contribution is -2.28. The zero-order valence-electron chi connectivity index (χ0n) is 10.1. The Morgan fingerprint density at radius 1 is 1.39 bits per heavy atom. The lowest BCUT2D eigenvalue weighted by molar-refractivity contribution is -0.109.